The summed E-state index contributed by atoms with van der Waals surface area (Å²) < 4.78 is 0. The molecule has 0 aromatic heterocycles. The quantitative estimate of drug-likeness (QED) is 0.848. The van der Waals surface area contributed by atoms with Crippen molar-refractivity contribution in [1.82, 2.24) is 5.32 Å². The molecule has 100 valence electrons. The van der Waals surface area contributed by atoms with Gasteiger partial charge in [-0.1, -0.05) is 13.0 Å². The van der Waals surface area contributed by atoms with Gasteiger partial charge < -0.3 is 10.6 Å². The second-order valence-corrected chi connectivity index (χ2v) is 4.17. The summed E-state index contributed by atoms with van der Waals surface area (Å²) in [6.07, 6.45) is 0.662. The summed E-state index contributed by atoms with van der Waals surface area (Å²) in [5.74, 6) is -0.547. The molecule has 0 heterocycles. The number of nitrogens with zero attached hydrogens (tertiary/aromatic N) is 1. The van der Waals surface area contributed by atoms with E-state index in [0.29, 0.717) is 17.8 Å². The fourth-order valence-corrected chi connectivity index (χ4v) is 1.50. The van der Waals surface area contributed by atoms with Crippen LogP contribution in [-0.2, 0) is 4.79 Å². The molecule has 0 unspecified atom stereocenters. The van der Waals surface area contributed by atoms with E-state index in [9.17, 15) is 9.59 Å². The molecular weight excluding hydrogens is 242 g/mol. The maximum atomic E-state index is 11.8. The van der Waals surface area contributed by atoms with E-state index in [0.717, 1.165) is 12.0 Å². The lowest BCUT2D eigenvalue weighted by Crippen LogP contribution is -2.24. The van der Waals surface area contributed by atoms with Crippen LogP contribution in [0.4, 0.5) is 5.69 Å². The molecule has 2 amide bonds. The molecule has 1 rings (SSSR count). The summed E-state index contributed by atoms with van der Waals surface area (Å²) in [7, 11) is 0. The fourth-order valence-electron chi connectivity index (χ4n) is 1.50. The summed E-state index contributed by atoms with van der Waals surface area (Å²) in [4.78, 5) is 23.2. The first-order valence-electron chi connectivity index (χ1n) is 6.14. The SMILES string of the molecule is CCCNC(=O)c1ccc(C)c(NC(=O)CC#N)c1. The molecule has 0 saturated carbocycles. The number of nitriles is 1. The van der Waals surface area contributed by atoms with Crippen LogP contribution < -0.4 is 10.6 Å². The van der Waals surface area contributed by atoms with Gasteiger partial charge in [0.1, 0.15) is 6.42 Å². The highest BCUT2D eigenvalue weighted by Crippen LogP contribution is 2.17. The van der Waals surface area contributed by atoms with E-state index < -0.39 is 0 Å². The van der Waals surface area contributed by atoms with Crippen molar-refractivity contribution >= 4 is 17.5 Å². The summed E-state index contributed by atoms with van der Waals surface area (Å²) in [6, 6.07) is 6.88. The average Bonchev–Trinajstić information content (AvgIpc) is 2.38. The Morgan fingerprint density at radius 2 is 2.11 bits per heavy atom. The molecule has 1 aromatic carbocycles. The molecule has 0 saturated heterocycles. The molecule has 0 fully saturated rings. The van der Waals surface area contributed by atoms with E-state index in [-0.39, 0.29) is 18.2 Å². The molecule has 19 heavy (non-hydrogen) atoms. The monoisotopic (exact) mass is 259 g/mol. The van der Waals surface area contributed by atoms with Gasteiger partial charge in [0.05, 0.1) is 6.07 Å². The third kappa shape index (κ3) is 4.43. The first-order valence-corrected chi connectivity index (χ1v) is 6.14. The Hall–Kier alpha value is -2.35. The number of aryl methyl sites for hydroxylation is 1. The molecule has 0 aliphatic rings. The molecule has 1 aromatic rings. The molecule has 0 radical (unpaired) electrons. The van der Waals surface area contributed by atoms with E-state index >= 15 is 0 Å². The summed E-state index contributed by atoms with van der Waals surface area (Å²) in [5, 5.41) is 13.8. The number of hydrogen-bond acceptors (Lipinski definition) is 3. The Kier molecular flexibility index (Phi) is 5.55. The number of benzene rings is 1. The van der Waals surface area contributed by atoms with Gasteiger partial charge in [-0.2, -0.15) is 5.26 Å². The van der Waals surface area contributed by atoms with Crippen molar-refractivity contribution in [2.24, 2.45) is 0 Å². The van der Waals surface area contributed by atoms with E-state index in [1.807, 2.05) is 13.8 Å². The van der Waals surface area contributed by atoms with Gasteiger partial charge in [0.15, 0.2) is 0 Å². The zero-order chi connectivity index (χ0) is 14.3. The number of amides is 2. The van der Waals surface area contributed by atoms with Crippen molar-refractivity contribution in [2.45, 2.75) is 26.7 Å². The zero-order valence-electron chi connectivity index (χ0n) is 11.1. The topological polar surface area (TPSA) is 82.0 Å². The number of hydrogen-bond donors (Lipinski definition) is 2. The van der Waals surface area contributed by atoms with Crippen molar-refractivity contribution in [1.29, 1.82) is 5.26 Å². The molecule has 0 bridgehead atoms. The van der Waals surface area contributed by atoms with Crippen LogP contribution in [0.15, 0.2) is 18.2 Å². The smallest absolute Gasteiger partial charge is 0.251 e. The third-order valence-corrected chi connectivity index (χ3v) is 2.55. The normalized spacial score (nSPS) is 9.53. The Balaban J connectivity index is 2.85. The van der Waals surface area contributed by atoms with E-state index in [1.165, 1.54) is 0 Å². The van der Waals surface area contributed by atoms with Crippen molar-refractivity contribution < 1.29 is 9.59 Å². The predicted octanol–water partition coefficient (Wildman–Crippen LogP) is 1.99. The van der Waals surface area contributed by atoms with Crippen LogP contribution in [0, 0.1) is 18.3 Å². The van der Waals surface area contributed by atoms with Gasteiger partial charge in [0, 0.05) is 17.8 Å². The third-order valence-electron chi connectivity index (χ3n) is 2.55. The Labute approximate surface area is 112 Å². The number of carbonyl (C=O) groups excluding carboxylic acids is 2. The molecule has 0 aliphatic heterocycles. The van der Waals surface area contributed by atoms with E-state index in [4.69, 9.17) is 5.26 Å². The van der Waals surface area contributed by atoms with Crippen LogP contribution in [-0.4, -0.2) is 18.4 Å². The van der Waals surface area contributed by atoms with Crippen LogP contribution >= 0.6 is 0 Å². The number of carbonyl (C=O) groups is 2. The van der Waals surface area contributed by atoms with Crippen molar-refractivity contribution in [3.05, 3.63) is 29.3 Å². The van der Waals surface area contributed by atoms with Crippen LogP contribution in [0.25, 0.3) is 0 Å². The fraction of sp³-hybridized carbons (Fsp3) is 0.357. The molecule has 5 nitrogen and oxygen atoms in total. The predicted molar refractivity (Wildman–Crippen MR) is 72.7 cm³/mol. The lowest BCUT2D eigenvalue weighted by atomic mass is 10.1. The number of rotatable bonds is 5. The van der Waals surface area contributed by atoms with Crippen molar-refractivity contribution in [2.75, 3.05) is 11.9 Å². The molecule has 2 N–H and O–H groups in total. The highest BCUT2D eigenvalue weighted by Gasteiger charge is 2.09. The standard InChI is InChI=1S/C14H17N3O2/c1-3-8-16-14(19)11-5-4-10(2)12(9-11)17-13(18)6-7-15/h4-5,9H,3,6,8H2,1-2H3,(H,16,19)(H,17,18). The van der Waals surface area contributed by atoms with Crippen molar-refractivity contribution in [3.8, 4) is 6.07 Å². The van der Waals surface area contributed by atoms with Gasteiger partial charge in [-0.3, -0.25) is 9.59 Å². The molecule has 5 heteroatoms. The summed E-state index contributed by atoms with van der Waals surface area (Å²) >= 11 is 0. The molecule has 0 spiro atoms. The van der Waals surface area contributed by atoms with Gasteiger partial charge in [-0.15, -0.1) is 0 Å². The highest BCUT2D eigenvalue weighted by atomic mass is 16.2. The summed E-state index contributed by atoms with van der Waals surface area (Å²) in [6.45, 7) is 4.42. The minimum atomic E-state index is -0.378. The zero-order valence-corrected chi connectivity index (χ0v) is 11.1. The first kappa shape index (κ1) is 14.7. The van der Waals surface area contributed by atoms with Crippen LogP contribution in [0.1, 0.15) is 35.7 Å². The summed E-state index contributed by atoms with van der Waals surface area (Å²) in [5.41, 5.74) is 1.90. The average molecular weight is 259 g/mol. The maximum absolute atomic E-state index is 11.8. The lowest BCUT2D eigenvalue weighted by molar-refractivity contribution is -0.115. The van der Waals surface area contributed by atoms with Crippen molar-refractivity contribution in [3.63, 3.8) is 0 Å². The van der Waals surface area contributed by atoms with Gasteiger partial charge in [-0.25, -0.2) is 0 Å². The van der Waals surface area contributed by atoms with Gasteiger partial charge >= 0.3 is 0 Å². The molecular formula is C14H17N3O2. The largest absolute Gasteiger partial charge is 0.352 e. The lowest BCUT2D eigenvalue weighted by Gasteiger charge is -2.10. The second-order valence-electron chi connectivity index (χ2n) is 4.17. The van der Waals surface area contributed by atoms with Crippen LogP contribution in [0.5, 0.6) is 0 Å². The Morgan fingerprint density at radius 3 is 2.74 bits per heavy atom. The Bertz CT molecular complexity index is 518. The first-order chi connectivity index (χ1) is 9.08. The van der Waals surface area contributed by atoms with Crippen LogP contribution in [0.2, 0.25) is 0 Å². The van der Waals surface area contributed by atoms with Gasteiger partial charge in [-0.05, 0) is 31.0 Å². The molecule has 0 atom stereocenters. The van der Waals surface area contributed by atoms with E-state index in [2.05, 4.69) is 10.6 Å². The number of anilines is 1. The van der Waals surface area contributed by atoms with E-state index in [1.54, 1.807) is 24.3 Å². The second kappa shape index (κ2) is 7.17. The Morgan fingerprint density at radius 1 is 1.37 bits per heavy atom. The minimum absolute atomic E-state index is 0.169. The van der Waals surface area contributed by atoms with Gasteiger partial charge in [0.25, 0.3) is 5.91 Å². The minimum Gasteiger partial charge on any atom is -0.352 e. The number of nitrogens with one attached hydrogen (secondary N) is 2. The maximum Gasteiger partial charge on any atom is 0.251 e. The van der Waals surface area contributed by atoms with Gasteiger partial charge in [0.2, 0.25) is 5.91 Å². The van der Waals surface area contributed by atoms with Crippen LogP contribution in [0.3, 0.4) is 0 Å². The molecule has 0 aliphatic carbocycles. The highest BCUT2D eigenvalue weighted by molar-refractivity contribution is 5.98.